The Morgan fingerprint density at radius 3 is 2.70 bits per heavy atom. The van der Waals surface area contributed by atoms with Gasteiger partial charge in [0.2, 0.25) is 0 Å². The lowest BCUT2D eigenvalue weighted by molar-refractivity contribution is -0.149. The van der Waals surface area contributed by atoms with Crippen LogP contribution in [0.4, 0.5) is 0 Å². The first-order valence-corrected chi connectivity index (χ1v) is 10.3. The fourth-order valence-electron chi connectivity index (χ4n) is 4.16. The topological polar surface area (TPSA) is 80.5 Å². The molecule has 0 saturated carbocycles. The van der Waals surface area contributed by atoms with Crippen LogP contribution >= 0.6 is 0 Å². The van der Waals surface area contributed by atoms with Gasteiger partial charge < -0.3 is 19.3 Å². The molecule has 0 aliphatic carbocycles. The number of carbonyl (C=O) groups is 1. The molecule has 1 N–H and O–H groups in total. The molecule has 3 heterocycles. The zero-order chi connectivity index (χ0) is 21.3. The van der Waals surface area contributed by atoms with Crippen LogP contribution in [0.25, 0.3) is 11.2 Å². The maximum Gasteiger partial charge on any atom is 0.253 e. The van der Waals surface area contributed by atoms with Crippen LogP contribution in [0.15, 0.2) is 42.6 Å². The monoisotopic (exact) mass is 408 g/mol. The molecule has 1 aliphatic rings. The molecule has 0 bridgehead atoms. The molecule has 0 spiro atoms. The van der Waals surface area contributed by atoms with Crippen LogP contribution in [0.3, 0.4) is 0 Å². The first-order valence-electron chi connectivity index (χ1n) is 10.3. The number of methoxy groups -OCH3 is 1. The van der Waals surface area contributed by atoms with Gasteiger partial charge in [0.15, 0.2) is 5.65 Å². The summed E-state index contributed by atoms with van der Waals surface area (Å²) < 4.78 is 7.60. The van der Waals surface area contributed by atoms with Crippen LogP contribution < -0.4 is 4.74 Å². The van der Waals surface area contributed by atoms with E-state index in [2.05, 4.69) is 15.6 Å². The van der Waals surface area contributed by atoms with Gasteiger partial charge in [-0.25, -0.2) is 9.97 Å². The highest BCUT2D eigenvalue weighted by Crippen LogP contribution is 2.30. The molecule has 1 amide bonds. The number of piperidine rings is 1. The molecule has 1 aliphatic heterocycles. The van der Waals surface area contributed by atoms with E-state index in [4.69, 9.17) is 9.72 Å². The van der Waals surface area contributed by atoms with Crippen LogP contribution in [-0.4, -0.2) is 56.2 Å². The molecular formula is C23H28N4O3. The van der Waals surface area contributed by atoms with Crippen molar-refractivity contribution in [3.8, 4) is 5.75 Å². The van der Waals surface area contributed by atoms with Crippen molar-refractivity contribution in [3.63, 3.8) is 0 Å². The predicted molar refractivity (Wildman–Crippen MR) is 114 cm³/mol. The molecule has 7 heteroatoms. The van der Waals surface area contributed by atoms with Crippen molar-refractivity contribution in [1.82, 2.24) is 19.4 Å². The molecule has 1 saturated heterocycles. The Labute approximate surface area is 176 Å². The van der Waals surface area contributed by atoms with E-state index in [1.54, 1.807) is 32.1 Å². The lowest BCUT2D eigenvalue weighted by atomic mass is 10.0. The minimum absolute atomic E-state index is 0.205. The van der Waals surface area contributed by atoms with Gasteiger partial charge in [0.1, 0.15) is 22.7 Å². The number of imidazole rings is 1. The first-order chi connectivity index (χ1) is 14.4. The van der Waals surface area contributed by atoms with Gasteiger partial charge in [-0.15, -0.1) is 0 Å². The van der Waals surface area contributed by atoms with Crippen LogP contribution in [0, 0.1) is 0 Å². The summed E-state index contributed by atoms with van der Waals surface area (Å²) in [4.78, 5) is 23.7. The number of aliphatic hydroxyl groups is 1. The molecule has 30 heavy (non-hydrogen) atoms. The average molecular weight is 409 g/mol. The summed E-state index contributed by atoms with van der Waals surface area (Å²) in [6.45, 7) is 4.30. The van der Waals surface area contributed by atoms with E-state index in [9.17, 15) is 9.90 Å². The van der Waals surface area contributed by atoms with Gasteiger partial charge in [0.25, 0.3) is 5.91 Å². The summed E-state index contributed by atoms with van der Waals surface area (Å²) in [5.74, 6) is 1.57. The van der Waals surface area contributed by atoms with Crippen molar-refractivity contribution in [2.24, 2.45) is 0 Å². The Bertz CT molecular complexity index is 1050. The van der Waals surface area contributed by atoms with Crippen LogP contribution in [0.1, 0.15) is 44.1 Å². The van der Waals surface area contributed by atoms with Gasteiger partial charge in [-0.3, -0.25) is 4.79 Å². The normalized spacial score (nSPS) is 15.5. The van der Waals surface area contributed by atoms with Crippen molar-refractivity contribution < 1.29 is 14.6 Å². The molecular weight excluding hydrogens is 380 g/mol. The lowest BCUT2D eigenvalue weighted by Crippen LogP contribution is -2.48. The lowest BCUT2D eigenvalue weighted by Gasteiger charge is -2.36. The second-order valence-corrected chi connectivity index (χ2v) is 8.35. The van der Waals surface area contributed by atoms with Crippen molar-refractivity contribution in [2.45, 2.75) is 44.8 Å². The Morgan fingerprint density at radius 2 is 2.00 bits per heavy atom. The number of amides is 1. The molecule has 4 rings (SSSR count). The van der Waals surface area contributed by atoms with Gasteiger partial charge in [0, 0.05) is 31.7 Å². The average Bonchev–Trinajstić information content (AvgIpc) is 3.10. The number of hydrogen-bond donors (Lipinski definition) is 1. The summed E-state index contributed by atoms with van der Waals surface area (Å²) in [6.07, 6.45) is 4.07. The van der Waals surface area contributed by atoms with E-state index < -0.39 is 5.60 Å². The minimum Gasteiger partial charge on any atom is -0.497 e. The summed E-state index contributed by atoms with van der Waals surface area (Å²) in [5.41, 5.74) is 1.54. The van der Waals surface area contributed by atoms with E-state index in [0.717, 1.165) is 41.1 Å². The van der Waals surface area contributed by atoms with Crippen molar-refractivity contribution >= 4 is 17.1 Å². The molecule has 1 aromatic carbocycles. The minimum atomic E-state index is -1.34. The molecule has 1 fully saturated rings. The van der Waals surface area contributed by atoms with Crippen LogP contribution in [0.2, 0.25) is 0 Å². The summed E-state index contributed by atoms with van der Waals surface area (Å²) in [6, 6.07) is 12.1. The quantitative estimate of drug-likeness (QED) is 0.702. The fourth-order valence-corrected chi connectivity index (χ4v) is 4.16. The van der Waals surface area contributed by atoms with E-state index >= 15 is 0 Å². The predicted octanol–water partition coefficient (Wildman–Crippen LogP) is 2.97. The third-order valence-corrected chi connectivity index (χ3v) is 5.66. The van der Waals surface area contributed by atoms with E-state index in [1.807, 2.05) is 30.3 Å². The van der Waals surface area contributed by atoms with Crippen molar-refractivity contribution in [1.29, 1.82) is 0 Å². The molecule has 0 radical (unpaired) electrons. The van der Waals surface area contributed by atoms with Crippen molar-refractivity contribution in [2.75, 3.05) is 20.2 Å². The number of carbonyl (C=O) groups excluding carboxylic acids is 1. The number of likely N-dealkylation sites (tertiary alicyclic amines) is 1. The Balaban J connectivity index is 1.62. The van der Waals surface area contributed by atoms with Crippen molar-refractivity contribution in [3.05, 3.63) is 54.0 Å². The summed E-state index contributed by atoms with van der Waals surface area (Å²) in [7, 11) is 1.67. The van der Waals surface area contributed by atoms with E-state index in [1.165, 1.54) is 0 Å². The summed E-state index contributed by atoms with van der Waals surface area (Å²) in [5, 5.41) is 10.1. The standard InChI is InChI=1S/C23H28N4O3/c1-23(2,29)22(28)26-12-9-17(10-13-26)27-20(25-19-8-5-11-24-21(19)27)15-16-6-4-7-18(14-16)30-3/h4-8,11,14,17,29H,9-10,12-13,15H2,1-3H3. The largest absolute Gasteiger partial charge is 0.497 e. The molecule has 2 aromatic heterocycles. The molecule has 7 nitrogen and oxygen atoms in total. The number of ether oxygens (including phenoxy) is 1. The number of rotatable bonds is 5. The number of fused-ring (bicyclic) bond motifs is 1. The van der Waals surface area contributed by atoms with Crippen LogP contribution in [0.5, 0.6) is 5.75 Å². The molecule has 0 atom stereocenters. The maximum absolute atomic E-state index is 12.4. The highest BCUT2D eigenvalue weighted by molar-refractivity contribution is 5.84. The Morgan fingerprint density at radius 1 is 1.23 bits per heavy atom. The van der Waals surface area contributed by atoms with Gasteiger partial charge in [-0.05, 0) is 56.5 Å². The number of aromatic nitrogens is 3. The SMILES string of the molecule is COc1cccc(Cc2nc3cccnc3n2C2CCN(C(=O)C(C)(C)O)CC2)c1. The number of pyridine rings is 1. The smallest absolute Gasteiger partial charge is 0.253 e. The maximum atomic E-state index is 12.4. The number of hydrogen-bond acceptors (Lipinski definition) is 5. The highest BCUT2D eigenvalue weighted by Gasteiger charge is 2.33. The van der Waals surface area contributed by atoms with Gasteiger partial charge >= 0.3 is 0 Å². The molecule has 0 unspecified atom stereocenters. The first kappa shape index (κ1) is 20.3. The second kappa shape index (κ2) is 8.07. The zero-order valence-corrected chi connectivity index (χ0v) is 17.7. The van der Waals surface area contributed by atoms with Gasteiger partial charge in [0.05, 0.1) is 7.11 Å². The Hall–Kier alpha value is -2.93. The van der Waals surface area contributed by atoms with Gasteiger partial charge in [-0.2, -0.15) is 0 Å². The second-order valence-electron chi connectivity index (χ2n) is 8.35. The Kier molecular flexibility index (Phi) is 5.47. The summed E-state index contributed by atoms with van der Waals surface area (Å²) >= 11 is 0. The third-order valence-electron chi connectivity index (χ3n) is 5.66. The number of benzene rings is 1. The third kappa shape index (κ3) is 4.03. The van der Waals surface area contributed by atoms with E-state index in [0.29, 0.717) is 19.5 Å². The number of nitrogens with zero attached hydrogens (tertiary/aromatic N) is 4. The van der Waals surface area contributed by atoms with Gasteiger partial charge in [-0.1, -0.05) is 12.1 Å². The zero-order valence-electron chi connectivity index (χ0n) is 17.7. The van der Waals surface area contributed by atoms with E-state index in [-0.39, 0.29) is 11.9 Å². The van der Waals surface area contributed by atoms with Crippen LogP contribution in [-0.2, 0) is 11.2 Å². The molecule has 158 valence electrons. The highest BCUT2D eigenvalue weighted by atomic mass is 16.5. The fraction of sp³-hybridized carbons (Fsp3) is 0.435. The molecule has 3 aromatic rings.